The number of hydrogen-bond acceptors (Lipinski definition) is 5. The van der Waals surface area contributed by atoms with Gasteiger partial charge in [0.25, 0.3) is 0 Å². The molecular weight excluding hydrogens is 280 g/mol. The Bertz CT molecular complexity index is 676. The monoisotopic (exact) mass is 298 g/mol. The highest BCUT2D eigenvalue weighted by Crippen LogP contribution is 2.24. The molecule has 0 amide bonds. The zero-order valence-corrected chi connectivity index (χ0v) is 13.1. The minimum atomic E-state index is 0.281. The highest BCUT2D eigenvalue weighted by Gasteiger charge is 2.12. The number of nitrogens with zero attached hydrogens (tertiary/aromatic N) is 3. The van der Waals surface area contributed by atoms with Crippen molar-refractivity contribution in [1.82, 2.24) is 9.97 Å². The van der Waals surface area contributed by atoms with E-state index < -0.39 is 0 Å². The summed E-state index contributed by atoms with van der Waals surface area (Å²) in [5.74, 6) is 1.08. The molecule has 0 radical (unpaired) electrons. The first-order chi connectivity index (χ1) is 10.2. The number of aryl methyl sites for hydroxylation is 2. The lowest BCUT2D eigenvalue weighted by Gasteiger charge is -2.08. The number of hydrogen-bond donors (Lipinski definition) is 1. The lowest BCUT2D eigenvalue weighted by molar-refractivity contribution is 0.826. The Hall–Kier alpha value is -2.06. The maximum atomic E-state index is 9.14. The van der Waals surface area contributed by atoms with E-state index in [2.05, 4.69) is 42.0 Å². The summed E-state index contributed by atoms with van der Waals surface area (Å²) in [5, 5.41) is 9.78. The van der Waals surface area contributed by atoms with E-state index in [0.29, 0.717) is 10.7 Å². The summed E-state index contributed by atoms with van der Waals surface area (Å²) >= 11 is 1.55. The van der Waals surface area contributed by atoms with Crippen LogP contribution in [0.1, 0.15) is 35.7 Å². The Morgan fingerprint density at radius 1 is 1.29 bits per heavy atom. The van der Waals surface area contributed by atoms with Gasteiger partial charge in [0.2, 0.25) is 0 Å². The van der Waals surface area contributed by atoms with Crippen LogP contribution in [0.4, 0.5) is 5.82 Å². The van der Waals surface area contributed by atoms with E-state index in [1.54, 1.807) is 11.8 Å². The van der Waals surface area contributed by atoms with Crippen LogP contribution < -0.4 is 5.73 Å². The van der Waals surface area contributed by atoms with Crippen LogP contribution in [-0.4, -0.2) is 9.97 Å². The summed E-state index contributed by atoms with van der Waals surface area (Å²) in [6.45, 7) is 4.14. The summed E-state index contributed by atoms with van der Waals surface area (Å²) in [6, 6.07) is 10.3. The van der Waals surface area contributed by atoms with Crippen molar-refractivity contribution in [2.24, 2.45) is 0 Å². The highest BCUT2D eigenvalue weighted by molar-refractivity contribution is 7.98. The van der Waals surface area contributed by atoms with Crippen molar-refractivity contribution in [2.75, 3.05) is 5.73 Å². The second-order valence-electron chi connectivity index (χ2n) is 4.79. The van der Waals surface area contributed by atoms with E-state index in [1.807, 2.05) is 12.1 Å². The molecule has 2 aromatic rings. The molecule has 0 saturated heterocycles. The van der Waals surface area contributed by atoms with Crippen molar-refractivity contribution in [2.45, 2.75) is 37.6 Å². The van der Waals surface area contributed by atoms with Gasteiger partial charge in [-0.2, -0.15) is 5.26 Å². The number of rotatable bonds is 5. The fourth-order valence-electron chi connectivity index (χ4n) is 2.02. The minimum Gasteiger partial charge on any atom is -0.382 e. The van der Waals surface area contributed by atoms with E-state index in [1.165, 1.54) is 11.1 Å². The van der Waals surface area contributed by atoms with E-state index in [4.69, 9.17) is 11.0 Å². The number of anilines is 1. The van der Waals surface area contributed by atoms with Crippen LogP contribution in [-0.2, 0) is 12.2 Å². The second-order valence-corrected chi connectivity index (χ2v) is 5.73. The van der Waals surface area contributed by atoms with Crippen LogP contribution in [0.15, 0.2) is 29.4 Å². The van der Waals surface area contributed by atoms with Crippen LogP contribution in [0.2, 0.25) is 0 Å². The van der Waals surface area contributed by atoms with Gasteiger partial charge in [0, 0.05) is 5.75 Å². The molecule has 108 valence electrons. The number of benzene rings is 1. The van der Waals surface area contributed by atoms with Gasteiger partial charge in [0.05, 0.1) is 5.69 Å². The molecule has 21 heavy (non-hydrogen) atoms. The van der Waals surface area contributed by atoms with Crippen LogP contribution in [0.25, 0.3) is 0 Å². The van der Waals surface area contributed by atoms with Crippen molar-refractivity contribution < 1.29 is 0 Å². The average molecular weight is 298 g/mol. The van der Waals surface area contributed by atoms with Gasteiger partial charge in [-0.15, -0.1) is 0 Å². The highest BCUT2D eigenvalue weighted by atomic mass is 32.2. The molecule has 1 aromatic carbocycles. The van der Waals surface area contributed by atoms with Crippen molar-refractivity contribution >= 4 is 17.6 Å². The predicted octanol–water partition coefficient (Wildman–Crippen LogP) is 3.48. The van der Waals surface area contributed by atoms with Gasteiger partial charge in [-0.05, 0) is 24.5 Å². The molecule has 0 spiro atoms. The molecule has 0 atom stereocenters. The van der Waals surface area contributed by atoms with Crippen molar-refractivity contribution in [3.63, 3.8) is 0 Å². The molecular formula is C16H18N4S. The van der Waals surface area contributed by atoms with Gasteiger partial charge in [-0.25, -0.2) is 9.97 Å². The van der Waals surface area contributed by atoms with Crippen LogP contribution in [0.5, 0.6) is 0 Å². The molecule has 0 aliphatic rings. The molecule has 0 bridgehead atoms. The molecule has 4 nitrogen and oxygen atoms in total. The van der Waals surface area contributed by atoms with Crippen LogP contribution in [0.3, 0.4) is 0 Å². The van der Waals surface area contributed by atoms with E-state index in [9.17, 15) is 0 Å². The first kappa shape index (κ1) is 15.3. The van der Waals surface area contributed by atoms with Gasteiger partial charge in [-0.1, -0.05) is 49.4 Å². The SMILES string of the molecule is CCCc1nc(SCc2ccccc2C)nc(N)c1C#N. The van der Waals surface area contributed by atoms with Crippen molar-refractivity contribution in [3.8, 4) is 6.07 Å². The Morgan fingerprint density at radius 2 is 2.05 bits per heavy atom. The molecule has 1 heterocycles. The molecule has 2 rings (SSSR count). The summed E-state index contributed by atoms with van der Waals surface area (Å²) < 4.78 is 0. The number of nitrogen functional groups attached to an aromatic ring is 1. The Morgan fingerprint density at radius 3 is 2.71 bits per heavy atom. The maximum absolute atomic E-state index is 9.14. The third-order valence-electron chi connectivity index (χ3n) is 3.21. The number of nitriles is 1. The Kier molecular flexibility index (Phi) is 5.18. The average Bonchev–Trinajstić information content (AvgIpc) is 2.47. The lowest BCUT2D eigenvalue weighted by atomic mass is 10.1. The van der Waals surface area contributed by atoms with E-state index in [-0.39, 0.29) is 5.82 Å². The number of nitrogens with two attached hydrogens (primary N) is 1. The van der Waals surface area contributed by atoms with Gasteiger partial charge >= 0.3 is 0 Å². The predicted molar refractivity (Wildman–Crippen MR) is 85.9 cm³/mol. The lowest BCUT2D eigenvalue weighted by Crippen LogP contribution is -2.05. The normalized spacial score (nSPS) is 10.3. The zero-order chi connectivity index (χ0) is 15.2. The van der Waals surface area contributed by atoms with Gasteiger partial charge in [0.1, 0.15) is 17.5 Å². The molecule has 2 N–H and O–H groups in total. The van der Waals surface area contributed by atoms with Crippen LogP contribution >= 0.6 is 11.8 Å². The number of aromatic nitrogens is 2. The summed E-state index contributed by atoms with van der Waals surface area (Å²) in [5.41, 5.74) is 9.54. The molecule has 5 heteroatoms. The topological polar surface area (TPSA) is 75.6 Å². The van der Waals surface area contributed by atoms with E-state index >= 15 is 0 Å². The minimum absolute atomic E-state index is 0.281. The standard InChI is InChI=1S/C16H18N4S/c1-3-6-14-13(9-17)15(18)20-16(19-14)21-10-12-8-5-4-7-11(12)2/h4-5,7-8H,3,6,10H2,1-2H3,(H2,18,19,20). The van der Waals surface area contributed by atoms with Crippen LogP contribution in [0, 0.1) is 18.3 Å². The van der Waals surface area contributed by atoms with Gasteiger partial charge in [-0.3, -0.25) is 0 Å². The molecule has 1 aromatic heterocycles. The Labute approximate surface area is 129 Å². The maximum Gasteiger partial charge on any atom is 0.190 e. The van der Waals surface area contributed by atoms with Gasteiger partial charge in [0.15, 0.2) is 5.16 Å². The smallest absolute Gasteiger partial charge is 0.190 e. The molecule has 0 saturated carbocycles. The van der Waals surface area contributed by atoms with E-state index in [0.717, 1.165) is 24.3 Å². The third-order valence-corrected chi connectivity index (χ3v) is 4.10. The fourth-order valence-corrected chi connectivity index (χ4v) is 2.97. The fraction of sp³-hybridized carbons (Fsp3) is 0.312. The zero-order valence-electron chi connectivity index (χ0n) is 12.3. The molecule has 0 unspecified atom stereocenters. The first-order valence-electron chi connectivity index (χ1n) is 6.89. The number of thioether (sulfide) groups is 1. The van der Waals surface area contributed by atoms with Crippen molar-refractivity contribution in [3.05, 3.63) is 46.6 Å². The first-order valence-corrected chi connectivity index (χ1v) is 7.88. The third kappa shape index (κ3) is 3.73. The van der Waals surface area contributed by atoms with Crippen molar-refractivity contribution in [1.29, 1.82) is 5.26 Å². The summed E-state index contributed by atoms with van der Waals surface area (Å²) in [4.78, 5) is 8.73. The quantitative estimate of drug-likeness (QED) is 0.675. The van der Waals surface area contributed by atoms with Gasteiger partial charge < -0.3 is 5.73 Å². The molecule has 0 aliphatic carbocycles. The Balaban J connectivity index is 2.21. The largest absolute Gasteiger partial charge is 0.382 e. The molecule has 0 aliphatic heterocycles. The summed E-state index contributed by atoms with van der Waals surface area (Å²) in [7, 11) is 0. The second kappa shape index (κ2) is 7.09. The molecule has 0 fully saturated rings. The summed E-state index contributed by atoms with van der Waals surface area (Å²) in [6.07, 6.45) is 1.67.